The van der Waals surface area contributed by atoms with Crippen LogP contribution >= 0.6 is 0 Å². The number of anilines is 1. The van der Waals surface area contributed by atoms with Crippen molar-refractivity contribution in [1.82, 2.24) is 9.80 Å². The highest BCUT2D eigenvalue weighted by molar-refractivity contribution is 6.21. The molecule has 29 heavy (non-hydrogen) atoms. The van der Waals surface area contributed by atoms with Gasteiger partial charge in [-0.25, -0.2) is 4.39 Å². The highest BCUT2D eigenvalue weighted by Crippen LogP contribution is 2.24. The number of piperazine rings is 1. The monoisotopic (exact) mass is 395 g/mol. The summed E-state index contributed by atoms with van der Waals surface area (Å²) < 4.78 is 13.1. The smallest absolute Gasteiger partial charge is 0.261 e. The van der Waals surface area contributed by atoms with Crippen molar-refractivity contribution in [2.45, 2.75) is 13.3 Å². The van der Waals surface area contributed by atoms with Gasteiger partial charge in [-0.05, 0) is 43.3 Å². The van der Waals surface area contributed by atoms with Crippen LogP contribution in [0.1, 0.15) is 32.7 Å². The highest BCUT2D eigenvalue weighted by Gasteiger charge is 2.35. The first kappa shape index (κ1) is 19.1. The fourth-order valence-corrected chi connectivity index (χ4v) is 3.84. The first-order chi connectivity index (χ1) is 13.9. The van der Waals surface area contributed by atoms with Crippen LogP contribution in [0.4, 0.5) is 10.1 Å². The zero-order valence-electron chi connectivity index (χ0n) is 16.2. The number of imide groups is 1. The van der Waals surface area contributed by atoms with Crippen molar-refractivity contribution in [2.75, 3.05) is 37.6 Å². The molecular formula is C22H22FN3O3. The minimum atomic E-state index is -0.334. The van der Waals surface area contributed by atoms with Crippen molar-refractivity contribution in [2.24, 2.45) is 0 Å². The Hall–Kier alpha value is -3.22. The van der Waals surface area contributed by atoms with E-state index in [1.54, 1.807) is 35.2 Å². The average Bonchev–Trinajstić information content (AvgIpc) is 2.96. The predicted molar refractivity (Wildman–Crippen MR) is 106 cm³/mol. The molecule has 0 aliphatic carbocycles. The Morgan fingerprint density at radius 1 is 0.931 bits per heavy atom. The molecule has 0 aromatic heterocycles. The summed E-state index contributed by atoms with van der Waals surface area (Å²) in [6.45, 7) is 4.38. The van der Waals surface area contributed by atoms with E-state index < -0.39 is 0 Å². The van der Waals surface area contributed by atoms with Crippen LogP contribution in [-0.2, 0) is 4.79 Å². The number of nitrogens with zero attached hydrogens (tertiary/aromatic N) is 3. The molecule has 2 aliphatic rings. The molecule has 2 aliphatic heterocycles. The van der Waals surface area contributed by atoms with Gasteiger partial charge in [0.2, 0.25) is 5.91 Å². The Morgan fingerprint density at radius 2 is 1.59 bits per heavy atom. The standard InChI is InChI=1S/C22H22FN3O3/c1-15-2-7-18-19(14-15)22(29)26(21(18)28)9-8-20(27)25-12-10-24(11-13-25)17-5-3-16(23)4-6-17/h2-7,14H,8-13H2,1H3. The zero-order valence-corrected chi connectivity index (χ0v) is 16.2. The van der Waals surface area contributed by atoms with Crippen LogP contribution in [0.3, 0.4) is 0 Å². The van der Waals surface area contributed by atoms with E-state index in [0.717, 1.165) is 16.2 Å². The quantitative estimate of drug-likeness (QED) is 0.747. The van der Waals surface area contributed by atoms with Crippen LogP contribution in [0.15, 0.2) is 42.5 Å². The van der Waals surface area contributed by atoms with Crippen LogP contribution in [0.25, 0.3) is 0 Å². The van der Waals surface area contributed by atoms with Gasteiger partial charge in [-0.15, -0.1) is 0 Å². The minimum absolute atomic E-state index is 0.0727. The first-order valence-corrected chi connectivity index (χ1v) is 9.69. The summed E-state index contributed by atoms with van der Waals surface area (Å²) in [6, 6.07) is 11.5. The molecule has 2 heterocycles. The first-order valence-electron chi connectivity index (χ1n) is 9.69. The van der Waals surface area contributed by atoms with E-state index in [2.05, 4.69) is 4.90 Å². The maximum Gasteiger partial charge on any atom is 0.261 e. The van der Waals surface area contributed by atoms with E-state index in [4.69, 9.17) is 0 Å². The predicted octanol–water partition coefficient (Wildman–Crippen LogP) is 2.47. The second-order valence-corrected chi connectivity index (χ2v) is 7.41. The van der Waals surface area contributed by atoms with Crippen LogP contribution in [0.2, 0.25) is 0 Å². The van der Waals surface area contributed by atoms with Crippen LogP contribution < -0.4 is 4.90 Å². The number of hydrogen-bond acceptors (Lipinski definition) is 4. The Balaban J connectivity index is 1.31. The van der Waals surface area contributed by atoms with Gasteiger partial charge >= 0.3 is 0 Å². The fourth-order valence-electron chi connectivity index (χ4n) is 3.84. The third kappa shape index (κ3) is 3.72. The van der Waals surface area contributed by atoms with Crippen molar-refractivity contribution in [1.29, 1.82) is 0 Å². The van der Waals surface area contributed by atoms with Gasteiger partial charge in [-0.3, -0.25) is 19.3 Å². The number of hydrogen-bond donors (Lipinski definition) is 0. The summed E-state index contributed by atoms with van der Waals surface area (Å²) in [5.74, 6) is -1.01. The van der Waals surface area contributed by atoms with E-state index in [1.165, 1.54) is 12.1 Å². The van der Waals surface area contributed by atoms with Gasteiger partial charge in [-0.1, -0.05) is 11.6 Å². The summed E-state index contributed by atoms with van der Waals surface area (Å²) in [5.41, 5.74) is 2.66. The minimum Gasteiger partial charge on any atom is -0.368 e. The van der Waals surface area contributed by atoms with Gasteiger partial charge in [-0.2, -0.15) is 0 Å². The molecule has 7 heteroatoms. The van der Waals surface area contributed by atoms with Gasteiger partial charge in [0.25, 0.3) is 11.8 Å². The van der Waals surface area contributed by atoms with E-state index in [0.29, 0.717) is 37.3 Å². The number of fused-ring (bicyclic) bond motifs is 1. The van der Waals surface area contributed by atoms with Crippen LogP contribution in [-0.4, -0.2) is 60.2 Å². The molecule has 4 rings (SSSR count). The van der Waals surface area contributed by atoms with Gasteiger partial charge in [0.15, 0.2) is 0 Å². The van der Waals surface area contributed by atoms with Crippen molar-refractivity contribution >= 4 is 23.4 Å². The molecular weight excluding hydrogens is 373 g/mol. The molecule has 1 fully saturated rings. The summed E-state index contributed by atoms with van der Waals surface area (Å²) in [6.07, 6.45) is 0.112. The number of benzene rings is 2. The molecule has 0 saturated carbocycles. The third-order valence-corrected chi connectivity index (χ3v) is 5.50. The number of carbonyl (C=O) groups is 3. The molecule has 0 N–H and O–H groups in total. The summed E-state index contributed by atoms with van der Waals surface area (Å²) >= 11 is 0. The van der Waals surface area contributed by atoms with E-state index in [9.17, 15) is 18.8 Å². The molecule has 0 radical (unpaired) electrons. The van der Waals surface area contributed by atoms with E-state index >= 15 is 0 Å². The van der Waals surface area contributed by atoms with Crippen molar-refractivity contribution in [3.05, 3.63) is 65.0 Å². The molecule has 150 valence electrons. The van der Waals surface area contributed by atoms with Gasteiger partial charge < -0.3 is 9.80 Å². The molecule has 0 unspecified atom stereocenters. The lowest BCUT2D eigenvalue weighted by atomic mass is 10.1. The molecule has 2 aromatic carbocycles. The number of halogens is 1. The molecule has 0 spiro atoms. The topological polar surface area (TPSA) is 60.9 Å². The largest absolute Gasteiger partial charge is 0.368 e. The Kier molecular flexibility index (Phi) is 5.05. The lowest BCUT2D eigenvalue weighted by Gasteiger charge is -2.36. The van der Waals surface area contributed by atoms with Gasteiger partial charge in [0.1, 0.15) is 5.82 Å². The molecule has 1 saturated heterocycles. The molecule has 6 nitrogen and oxygen atoms in total. The SMILES string of the molecule is Cc1ccc2c(c1)C(=O)N(CCC(=O)N1CCN(c3ccc(F)cc3)CC1)C2=O. The van der Waals surface area contributed by atoms with E-state index in [-0.39, 0.29) is 36.5 Å². The van der Waals surface area contributed by atoms with Crippen molar-refractivity contribution in [3.8, 4) is 0 Å². The van der Waals surface area contributed by atoms with Crippen molar-refractivity contribution < 1.29 is 18.8 Å². The lowest BCUT2D eigenvalue weighted by molar-refractivity contribution is -0.131. The number of carbonyl (C=O) groups excluding carboxylic acids is 3. The van der Waals surface area contributed by atoms with Crippen LogP contribution in [0.5, 0.6) is 0 Å². The Labute approximate surface area is 168 Å². The third-order valence-electron chi connectivity index (χ3n) is 5.50. The fraction of sp³-hybridized carbons (Fsp3) is 0.318. The maximum atomic E-state index is 13.1. The maximum absolute atomic E-state index is 13.1. The summed E-state index contributed by atoms with van der Waals surface area (Å²) in [7, 11) is 0. The Morgan fingerprint density at radius 3 is 2.28 bits per heavy atom. The lowest BCUT2D eigenvalue weighted by Crippen LogP contribution is -2.49. The van der Waals surface area contributed by atoms with Gasteiger partial charge in [0, 0.05) is 44.8 Å². The Bertz CT molecular complexity index is 966. The highest BCUT2D eigenvalue weighted by atomic mass is 19.1. The number of amides is 3. The average molecular weight is 395 g/mol. The normalized spacial score (nSPS) is 16.4. The second kappa shape index (κ2) is 7.66. The molecule has 2 aromatic rings. The van der Waals surface area contributed by atoms with Gasteiger partial charge in [0.05, 0.1) is 11.1 Å². The number of aryl methyl sites for hydroxylation is 1. The van der Waals surface area contributed by atoms with Crippen LogP contribution in [0, 0.1) is 12.7 Å². The molecule has 0 bridgehead atoms. The van der Waals surface area contributed by atoms with E-state index in [1.807, 2.05) is 6.92 Å². The second-order valence-electron chi connectivity index (χ2n) is 7.41. The molecule has 3 amide bonds. The zero-order chi connectivity index (χ0) is 20.5. The summed E-state index contributed by atoms with van der Waals surface area (Å²) in [5, 5.41) is 0. The van der Waals surface area contributed by atoms with Crippen molar-refractivity contribution in [3.63, 3.8) is 0 Å². The molecule has 0 atom stereocenters. The number of rotatable bonds is 4. The summed E-state index contributed by atoms with van der Waals surface area (Å²) in [4.78, 5) is 42.6.